The van der Waals surface area contributed by atoms with Crippen LogP contribution in [-0.4, -0.2) is 27.8 Å². The fourth-order valence-corrected chi connectivity index (χ4v) is 2.83. The Balaban J connectivity index is 1.74. The minimum absolute atomic E-state index is 0.335. The molecule has 0 saturated heterocycles. The summed E-state index contributed by atoms with van der Waals surface area (Å²) in [6.07, 6.45) is 1.66. The van der Waals surface area contributed by atoms with Crippen molar-refractivity contribution in [3.05, 3.63) is 78.5 Å². The molecule has 2 aromatic heterocycles. The van der Waals surface area contributed by atoms with Gasteiger partial charge in [-0.2, -0.15) is 0 Å². The number of rotatable bonds is 5. The van der Waals surface area contributed by atoms with Gasteiger partial charge >= 0.3 is 6.03 Å². The number of carbonyl (C=O) groups is 1. The molecule has 0 spiro atoms. The third-order valence-electron chi connectivity index (χ3n) is 4.22. The monoisotopic (exact) mass is 373 g/mol. The van der Waals surface area contributed by atoms with Gasteiger partial charge < -0.3 is 10.1 Å². The van der Waals surface area contributed by atoms with E-state index >= 15 is 0 Å². The number of anilines is 1. The van der Waals surface area contributed by atoms with Crippen LogP contribution in [0.4, 0.5) is 10.6 Å². The fourth-order valence-electron chi connectivity index (χ4n) is 2.83. The molecule has 0 saturated carbocycles. The Morgan fingerprint density at radius 1 is 1.07 bits per heavy atom. The van der Waals surface area contributed by atoms with E-state index in [2.05, 4.69) is 20.7 Å². The van der Waals surface area contributed by atoms with Gasteiger partial charge in [-0.15, -0.1) is 5.10 Å². The average molecular weight is 373 g/mol. The molecule has 0 fully saturated rings. The second-order valence-corrected chi connectivity index (χ2v) is 6.12. The van der Waals surface area contributed by atoms with Gasteiger partial charge in [-0.05, 0) is 17.7 Å². The van der Waals surface area contributed by atoms with E-state index in [1.165, 1.54) is 0 Å². The third-order valence-corrected chi connectivity index (χ3v) is 4.22. The Morgan fingerprint density at radius 2 is 1.79 bits per heavy atom. The lowest BCUT2D eigenvalue weighted by Gasteiger charge is -2.05. The zero-order valence-corrected chi connectivity index (χ0v) is 15.3. The quantitative estimate of drug-likeness (QED) is 0.558. The summed E-state index contributed by atoms with van der Waals surface area (Å²) in [5.74, 6) is 0.917. The van der Waals surface area contributed by atoms with E-state index in [1.54, 1.807) is 24.0 Å². The molecule has 2 N–H and O–H groups in total. The van der Waals surface area contributed by atoms with Crippen LogP contribution in [0.1, 0.15) is 5.56 Å². The SMILES string of the molecule is CNC(=O)Nc1cc2c(cn1)c(OCc1ccccc1)nn2-c1ccccc1. The number of pyridine rings is 1. The number of nitrogens with zero attached hydrogens (tertiary/aromatic N) is 3. The van der Waals surface area contributed by atoms with E-state index in [0.717, 1.165) is 22.2 Å². The first-order valence-electron chi connectivity index (χ1n) is 8.84. The van der Waals surface area contributed by atoms with Crippen molar-refractivity contribution < 1.29 is 9.53 Å². The minimum Gasteiger partial charge on any atom is -0.471 e. The maximum absolute atomic E-state index is 11.6. The third kappa shape index (κ3) is 3.64. The molecule has 140 valence electrons. The zero-order chi connectivity index (χ0) is 19.3. The van der Waals surface area contributed by atoms with Crippen LogP contribution in [-0.2, 0) is 6.61 Å². The first kappa shape index (κ1) is 17.5. The number of carbonyl (C=O) groups excluding carboxylic acids is 1. The zero-order valence-electron chi connectivity index (χ0n) is 15.3. The van der Waals surface area contributed by atoms with Gasteiger partial charge in [0.1, 0.15) is 12.4 Å². The second kappa shape index (κ2) is 7.79. The number of nitrogens with one attached hydrogen (secondary N) is 2. The van der Waals surface area contributed by atoms with Crippen LogP contribution in [0.25, 0.3) is 16.6 Å². The fraction of sp³-hybridized carbons (Fsp3) is 0.0952. The van der Waals surface area contributed by atoms with Gasteiger partial charge in [-0.1, -0.05) is 48.5 Å². The molecule has 4 aromatic rings. The summed E-state index contributed by atoms with van der Waals surface area (Å²) in [6.45, 7) is 0.403. The van der Waals surface area contributed by atoms with E-state index in [0.29, 0.717) is 18.3 Å². The van der Waals surface area contributed by atoms with E-state index in [4.69, 9.17) is 4.74 Å². The largest absolute Gasteiger partial charge is 0.471 e. The highest BCUT2D eigenvalue weighted by molar-refractivity contribution is 5.92. The van der Waals surface area contributed by atoms with Gasteiger partial charge in [0.2, 0.25) is 5.88 Å². The normalized spacial score (nSPS) is 10.6. The number of aromatic nitrogens is 3. The van der Waals surface area contributed by atoms with Crippen LogP contribution >= 0.6 is 0 Å². The van der Waals surface area contributed by atoms with Gasteiger partial charge in [-0.3, -0.25) is 5.32 Å². The summed E-state index contributed by atoms with van der Waals surface area (Å²) in [4.78, 5) is 15.9. The summed E-state index contributed by atoms with van der Waals surface area (Å²) in [6, 6.07) is 21.1. The molecule has 0 aliphatic heterocycles. The van der Waals surface area contributed by atoms with Crippen molar-refractivity contribution in [1.29, 1.82) is 0 Å². The van der Waals surface area contributed by atoms with Gasteiger partial charge in [-0.25, -0.2) is 14.5 Å². The average Bonchev–Trinajstić information content (AvgIpc) is 3.11. The highest BCUT2D eigenvalue weighted by Gasteiger charge is 2.15. The van der Waals surface area contributed by atoms with Crippen molar-refractivity contribution in [2.24, 2.45) is 0 Å². The topological polar surface area (TPSA) is 81.1 Å². The van der Waals surface area contributed by atoms with Crippen LogP contribution in [0.3, 0.4) is 0 Å². The molecule has 0 aliphatic rings. The highest BCUT2D eigenvalue weighted by atomic mass is 16.5. The summed E-state index contributed by atoms with van der Waals surface area (Å²) < 4.78 is 7.76. The molecule has 2 heterocycles. The van der Waals surface area contributed by atoms with Gasteiger partial charge in [0.05, 0.1) is 16.6 Å². The lowest BCUT2D eigenvalue weighted by atomic mass is 10.2. The molecule has 0 atom stereocenters. The number of fused-ring (bicyclic) bond motifs is 1. The minimum atomic E-state index is -0.335. The number of benzene rings is 2. The molecule has 2 aromatic carbocycles. The molecule has 7 heteroatoms. The predicted octanol–water partition coefficient (Wildman–Crippen LogP) is 3.75. The van der Waals surface area contributed by atoms with Gasteiger partial charge in [0, 0.05) is 19.3 Å². The van der Waals surface area contributed by atoms with Crippen LogP contribution in [0.2, 0.25) is 0 Å². The molecule has 7 nitrogen and oxygen atoms in total. The van der Waals surface area contributed by atoms with Crippen LogP contribution in [0.5, 0.6) is 5.88 Å². The number of para-hydroxylation sites is 1. The van der Waals surface area contributed by atoms with Crippen molar-refractivity contribution in [1.82, 2.24) is 20.1 Å². The number of amides is 2. The van der Waals surface area contributed by atoms with Gasteiger partial charge in [0.25, 0.3) is 0 Å². The molecular weight excluding hydrogens is 354 g/mol. The first-order valence-corrected chi connectivity index (χ1v) is 8.84. The molecule has 0 bridgehead atoms. The second-order valence-electron chi connectivity index (χ2n) is 6.12. The molecule has 28 heavy (non-hydrogen) atoms. The smallest absolute Gasteiger partial charge is 0.320 e. The van der Waals surface area contributed by atoms with E-state index in [1.807, 2.05) is 60.7 Å². The Labute approximate surface area is 162 Å². The molecule has 0 aliphatic carbocycles. The predicted molar refractivity (Wildman–Crippen MR) is 108 cm³/mol. The molecule has 0 radical (unpaired) electrons. The van der Waals surface area contributed by atoms with Crippen LogP contribution < -0.4 is 15.4 Å². The summed E-state index contributed by atoms with van der Waals surface area (Å²) >= 11 is 0. The Kier molecular flexibility index (Phi) is 4.88. The van der Waals surface area contributed by atoms with Crippen molar-refractivity contribution in [2.45, 2.75) is 6.61 Å². The molecule has 0 unspecified atom stereocenters. The Morgan fingerprint density at radius 3 is 2.50 bits per heavy atom. The summed E-state index contributed by atoms with van der Waals surface area (Å²) in [7, 11) is 1.55. The van der Waals surface area contributed by atoms with E-state index < -0.39 is 0 Å². The standard InChI is InChI=1S/C21H19N5O2/c1-22-21(27)24-19-12-18-17(13-23-19)20(28-14-15-8-4-2-5-9-15)25-26(18)16-10-6-3-7-11-16/h2-13H,14H2,1H3,(H2,22,23,24,27). The summed E-state index contributed by atoms with van der Waals surface area (Å²) in [5, 5.41) is 10.6. The lowest BCUT2D eigenvalue weighted by Crippen LogP contribution is -2.24. The first-order chi connectivity index (χ1) is 13.7. The maximum atomic E-state index is 11.6. The van der Waals surface area contributed by atoms with Crippen LogP contribution in [0.15, 0.2) is 72.9 Å². The highest BCUT2D eigenvalue weighted by Crippen LogP contribution is 2.29. The van der Waals surface area contributed by atoms with E-state index in [9.17, 15) is 4.79 Å². The van der Waals surface area contributed by atoms with Crippen molar-refractivity contribution in [3.8, 4) is 11.6 Å². The molecular formula is C21H19N5O2. The Bertz CT molecular complexity index is 1090. The number of hydrogen-bond acceptors (Lipinski definition) is 4. The summed E-state index contributed by atoms with van der Waals surface area (Å²) in [5.41, 5.74) is 2.73. The van der Waals surface area contributed by atoms with Crippen molar-refractivity contribution in [2.75, 3.05) is 12.4 Å². The lowest BCUT2D eigenvalue weighted by molar-refractivity contribution is 0.254. The molecule has 4 rings (SSSR count). The van der Waals surface area contributed by atoms with E-state index in [-0.39, 0.29) is 6.03 Å². The van der Waals surface area contributed by atoms with Crippen LogP contribution in [0, 0.1) is 0 Å². The number of urea groups is 1. The molecule has 2 amide bonds. The van der Waals surface area contributed by atoms with Crippen molar-refractivity contribution >= 4 is 22.8 Å². The Hall–Kier alpha value is -3.87. The maximum Gasteiger partial charge on any atom is 0.320 e. The van der Waals surface area contributed by atoms with Gasteiger partial charge in [0.15, 0.2) is 0 Å². The number of hydrogen-bond donors (Lipinski definition) is 2. The number of ether oxygens (including phenoxy) is 1. The van der Waals surface area contributed by atoms with Crippen molar-refractivity contribution in [3.63, 3.8) is 0 Å².